The van der Waals surface area contributed by atoms with Gasteiger partial charge in [0.2, 0.25) is 0 Å². The van der Waals surface area contributed by atoms with Crippen LogP contribution in [0.2, 0.25) is 0 Å². The molecule has 3 rings (SSSR count). The Hall–Kier alpha value is -1.56. The van der Waals surface area contributed by atoms with Crippen LogP contribution < -0.4 is 5.32 Å². The topological polar surface area (TPSA) is 56.9 Å². The summed E-state index contributed by atoms with van der Waals surface area (Å²) in [6, 6.07) is 1.94. The highest BCUT2D eigenvalue weighted by atomic mass is 16.5. The number of hydrogen-bond acceptors (Lipinski definition) is 4. The number of guanidine groups is 1. The third-order valence-electron chi connectivity index (χ3n) is 5.56. The van der Waals surface area contributed by atoms with Crippen molar-refractivity contribution in [2.45, 2.75) is 51.5 Å². The van der Waals surface area contributed by atoms with Crippen molar-refractivity contribution in [1.82, 2.24) is 20.3 Å². The minimum atomic E-state index is 0.873. The van der Waals surface area contributed by atoms with Crippen LogP contribution in [0.5, 0.6) is 0 Å². The summed E-state index contributed by atoms with van der Waals surface area (Å²) in [6.07, 6.45) is 11.5. The van der Waals surface area contributed by atoms with Gasteiger partial charge in [-0.05, 0) is 12.3 Å². The van der Waals surface area contributed by atoms with E-state index in [2.05, 4.69) is 25.3 Å². The van der Waals surface area contributed by atoms with Gasteiger partial charge in [-0.3, -0.25) is 9.89 Å². The first-order valence-electron chi connectivity index (χ1n) is 9.92. The highest BCUT2D eigenvalue weighted by Gasteiger charge is 2.20. The average molecular weight is 348 g/mol. The van der Waals surface area contributed by atoms with E-state index in [9.17, 15) is 0 Å². The minimum absolute atomic E-state index is 0.873. The van der Waals surface area contributed by atoms with E-state index in [1.165, 1.54) is 44.9 Å². The Bertz CT molecular complexity index is 502. The first kappa shape index (κ1) is 18.2. The van der Waals surface area contributed by atoms with E-state index in [0.29, 0.717) is 0 Å². The van der Waals surface area contributed by atoms with Gasteiger partial charge in [0.05, 0.1) is 5.69 Å². The molecule has 1 aromatic heterocycles. The van der Waals surface area contributed by atoms with Gasteiger partial charge in [0.15, 0.2) is 5.96 Å². The monoisotopic (exact) mass is 347 g/mol. The van der Waals surface area contributed by atoms with Crippen LogP contribution in [0.15, 0.2) is 21.8 Å². The van der Waals surface area contributed by atoms with E-state index in [1.807, 2.05) is 13.1 Å². The second-order valence-electron chi connectivity index (χ2n) is 7.37. The fourth-order valence-electron chi connectivity index (χ4n) is 4.06. The van der Waals surface area contributed by atoms with E-state index < -0.39 is 0 Å². The summed E-state index contributed by atoms with van der Waals surface area (Å²) in [7, 11) is 1.89. The molecule has 1 aliphatic heterocycles. The quantitative estimate of drug-likeness (QED) is 0.467. The first-order valence-corrected chi connectivity index (χ1v) is 9.92. The average Bonchev–Trinajstić information content (AvgIpc) is 3.33. The molecule has 2 fully saturated rings. The molecular formula is C19H33N5O. The molecule has 6 nitrogen and oxygen atoms in total. The zero-order valence-electron chi connectivity index (χ0n) is 15.6. The van der Waals surface area contributed by atoms with Crippen LogP contribution in [0.3, 0.4) is 0 Å². The summed E-state index contributed by atoms with van der Waals surface area (Å²) >= 11 is 0. The van der Waals surface area contributed by atoms with Crippen molar-refractivity contribution in [2.75, 3.05) is 39.8 Å². The second kappa shape index (κ2) is 9.80. The lowest BCUT2D eigenvalue weighted by Crippen LogP contribution is -2.52. The fourth-order valence-corrected chi connectivity index (χ4v) is 4.06. The van der Waals surface area contributed by atoms with Gasteiger partial charge in [0, 0.05) is 52.4 Å². The molecule has 140 valence electrons. The molecule has 6 heteroatoms. The van der Waals surface area contributed by atoms with Gasteiger partial charge in [-0.25, -0.2) is 0 Å². The molecular weight excluding hydrogens is 314 g/mol. The SMILES string of the molecule is CN=C(NCCCCC1CCCC1)N1CCN(Cc2ccon2)CC1. The molecule has 1 saturated heterocycles. The maximum Gasteiger partial charge on any atom is 0.193 e. The predicted octanol–water partition coefficient (Wildman–Crippen LogP) is 2.73. The van der Waals surface area contributed by atoms with E-state index in [0.717, 1.165) is 56.8 Å². The molecule has 1 saturated carbocycles. The molecule has 0 bridgehead atoms. The van der Waals surface area contributed by atoms with Gasteiger partial charge in [-0.2, -0.15) is 0 Å². The minimum Gasteiger partial charge on any atom is -0.364 e. The number of unbranched alkanes of at least 4 members (excludes halogenated alkanes) is 1. The largest absolute Gasteiger partial charge is 0.364 e. The molecule has 25 heavy (non-hydrogen) atoms. The number of nitrogens with zero attached hydrogens (tertiary/aromatic N) is 4. The molecule has 0 radical (unpaired) electrons. The van der Waals surface area contributed by atoms with Crippen molar-refractivity contribution < 1.29 is 4.52 Å². The molecule has 0 amide bonds. The number of aromatic nitrogens is 1. The van der Waals surface area contributed by atoms with Crippen LogP contribution in [0.4, 0.5) is 0 Å². The molecule has 1 aromatic rings. The standard InChI is InChI=1S/C19H33N5O/c1-20-19(21-10-5-4-8-17-6-2-3-7-17)24-13-11-23(12-14-24)16-18-9-15-25-22-18/h9,15,17H,2-8,10-14,16H2,1H3,(H,20,21). The summed E-state index contributed by atoms with van der Waals surface area (Å²) in [5, 5.41) is 7.56. The fraction of sp³-hybridized carbons (Fsp3) is 0.789. The van der Waals surface area contributed by atoms with Crippen molar-refractivity contribution in [1.29, 1.82) is 0 Å². The number of piperazine rings is 1. The lowest BCUT2D eigenvalue weighted by Gasteiger charge is -2.36. The van der Waals surface area contributed by atoms with Crippen LogP contribution >= 0.6 is 0 Å². The van der Waals surface area contributed by atoms with Crippen LogP contribution in [0, 0.1) is 5.92 Å². The summed E-state index contributed by atoms with van der Waals surface area (Å²) in [5.41, 5.74) is 1.01. The molecule has 1 N–H and O–H groups in total. The summed E-state index contributed by atoms with van der Waals surface area (Å²) in [4.78, 5) is 9.26. The van der Waals surface area contributed by atoms with E-state index in [4.69, 9.17) is 4.52 Å². The molecule has 0 spiro atoms. The number of nitrogens with one attached hydrogen (secondary N) is 1. The van der Waals surface area contributed by atoms with E-state index in [1.54, 1.807) is 6.26 Å². The van der Waals surface area contributed by atoms with Crippen molar-refractivity contribution >= 4 is 5.96 Å². The van der Waals surface area contributed by atoms with Gasteiger partial charge in [-0.1, -0.05) is 43.7 Å². The summed E-state index contributed by atoms with van der Waals surface area (Å²) in [5.74, 6) is 2.07. The third kappa shape index (κ3) is 5.73. The smallest absolute Gasteiger partial charge is 0.193 e. The van der Waals surface area contributed by atoms with Gasteiger partial charge < -0.3 is 14.7 Å². The van der Waals surface area contributed by atoms with Gasteiger partial charge in [0.25, 0.3) is 0 Å². The Kier molecular flexibility index (Phi) is 7.15. The maximum atomic E-state index is 4.91. The third-order valence-corrected chi connectivity index (χ3v) is 5.56. The highest BCUT2D eigenvalue weighted by molar-refractivity contribution is 5.79. The van der Waals surface area contributed by atoms with Gasteiger partial charge in [0.1, 0.15) is 6.26 Å². The first-order chi connectivity index (χ1) is 12.3. The Morgan fingerprint density at radius 2 is 2.04 bits per heavy atom. The van der Waals surface area contributed by atoms with Crippen molar-refractivity contribution in [3.8, 4) is 0 Å². The van der Waals surface area contributed by atoms with E-state index >= 15 is 0 Å². The maximum absolute atomic E-state index is 4.91. The Labute approximate surface area is 151 Å². The molecule has 1 aliphatic carbocycles. The second-order valence-corrected chi connectivity index (χ2v) is 7.37. The van der Waals surface area contributed by atoms with E-state index in [-0.39, 0.29) is 0 Å². The van der Waals surface area contributed by atoms with Crippen LogP contribution in [-0.4, -0.2) is 60.7 Å². The van der Waals surface area contributed by atoms with Crippen molar-refractivity contribution in [3.63, 3.8) is 0 Å². The Morgan fingerprint density at radius 1 is 1.24 bits per heavy atom. The molecule has 2 aliphatic rings. The molecule has 0 unspecified atom stereocenters. The van der Waals surface area contributed by atoms with Crippen LogP contribution in [0.1, 0.15) is 50.6 Å². The zero-order chi connectivity index (χ0) is 17.3. The lowest BCUT2D eigenvalue weighted by atomic mass is 10.0. The molecule has 0 atom stereocenters. The Morgan fingerprint density at radius 3 is 2.72 bits per heavy atom. The molecule has 2 heterocycles. The van der Waals surface area contributed by atoms with Crippen LogP contribution in [-0.2, 0) is 6.54 Å². The van der Waals surface area contributed by atoms with Crippen molar-refractivity contribution in [3.05, 3.63) is 18.0 Å². The summed E-state index contributed by atoms with van der Waals surface area (Å²) < 4.78 is 4.91. The van der Waals surface area contributed by atoms with Crippen molar-refractivity contribution in [2.24, 2.45) is 10.9 Å². The van der Waals surface area contributed by atoms with Gasteiger partial charge >= 0.3 is 0 Å². The Balaban J connectivity index is 1.30. The molecule has 0 aromatic carbocycles. The number of aliphatic imine (C=N–C) groups is 1. The number of rotatable bonds is 7. The summed E-state index contributed by atoms with van der Waals surface area (Å²) in [6.45, 7) is 6.01. The number of hydrogen-bond donors (Lipinski definition) is 1. The predicted molar refractivity (Wildman–Crippen MR) is 101 cm³/mol. The van der Waals surface area contributed by atoms with Gasteiger partial charge in [-0.15, -0.1) is 0 Å². The zero-order valence-corrected chi connectivity index (χ0v) is 15.6. The lowest BCUT2D eigenvalue weighted by molar-refractivity contribution is 0.169. The normalized spacial score (nSPS) is 20.4. The highest BCUT2D eigenvalue weighted by Crippen LogP contribution is 2.28. The van der Waals surface area contributed by atoms with Crippen LogP contribution in [0.25, 0.3) is 0 Å².